The van der Waals surface area contributed by atoms with Gasteiger partial charge in [-0.25, -0.2) is 0 Å². The molecule has 3 saturated heterocycles. The second-order valence-corrected chi connectivity index (χ2v) is 15.1. The zero-order chi connectivity index (χ0) is 30.5. The van der Waals surface area contributed by atoms with Gasteiger partial charge in [-0.3, -0.25) is 5.73 Å². The zero-order valence-electron chi connectivity index (χ0n) is 27.6. The number of piperidine rings is 1. The van der Waals surface area contributed by atoms with Crippen molar-refractivity contribution in [1.29, 1.82) is 0 Å². The average Bonchev–Trinajstić information content (AvgIpc) is 3.55. The van der Waals surface area contributed by atoms with Gasteiger partial charge in [0, 0.05) is 57.5 Å². The van der Waals surface area contributed by atoms with Gasteiger partial charge in [0.05, 0.1) is 62.0 Å². The minimum atomic E-state index is -0.446. The lowest BCUT2D eigenvalue weighted by Gasteiger charge is -2.55. The van der Waals surface area contributed by atoms with Crippen molar-refractivity contribution in [3.8, 4) is 0 Å². The molecule has 8 unspecified atom stereocenters. The van der Waals surface area contributed by atoms with Crippen molar-refractivity contribution in [3.05, 3.63) is 0 Å². The first kappa shape index (κ1) is 33.5. The Bertz CT molecular complexity index is 861. The Kier molecular flexibility index (Phi) is 12.3. The van der Waals surface area contributed by atoms with Gasteiger partial charge in [0.2, 0.25) is 0 Å². The highest BCUT2D eigenvalue weighted by atomic mass is 16.5. The summed E-state index contributed by atoms with van der Waals surface area (Å²) in [6, 6.07) is 0. The molecule has 0 bridgehead atoms. The number of quaternary nitrogens is 1. The lowest BCUT2D eigenvalue weighted by Crippen LogP contribution is -2.94. The number of aliphatic hydroxyl groups is 1. The van der Waals surface area contributed by atoms with Gasteiger partial charge in [-0.05, 0) is 83.0 Å². The van der Waals surface area contributed by atoms with Crippen LogP contribution in [0.5, 0.6) is 0 Å². The molecule has 0 aromatic carbocycles. The number of aliphatic hydroxyl groups excluding tert-OH is 1. The highest BCUT2D eigenvalue weighted by Gasteiger charge is 2.55. The minimum Gasteiger partial charge on any atom is -0.392 e. The van der Waals surface area contributed by atoms with Gasteiger partial charge in [0.25, 0.3) is 0 Å². The summed E-state index contributed by atoms with van der Waals surface area (Å²) < 4.78 is 38.7. The molecule has 0 aromatic heterocycles. The molecule has 6 rings (SSSR count). The zero-order valence-corrected chi connectivity index (χ0v) is 27.6. The van der Waals surface area contributed by atoms with Crippen LogP contribution in [0.1, 0.15) is 96.3 Å². The molecular formula is C35H63N2O7+. The van der Waals surface area contributed by atoms with Gasteiger partial charge in [-0.2, -0.15) is 0 Å². The first-order valence-electron chi connectivity index (χ1n) is 18.4. The van der Waals surface area contributed by atoms with Crippen LogP contribution >= 0.6 is 0 Å². The second kappa shape index (κ2) is 16.2. The van der Waals surface area contributed by atoms with Crippen LogP contribution in [0, 0.1) is 29.6 Å². The van der Waals surface area contributed by atoms with Crippen LogP contribution in [0.25, 0.3) is 0 Å². The Balaban J connectivity index is 1.21. The number of rotatable bonds is 12. The van der Waals surface area contributed by atoms with E-state index in [1.807, 2.05) is 7.11 Å². The normalized spacial score (nSPS) is 45.1. The first-order chi connectivity index (χ1) is 21.5. The fraction of sp³-hybridized carbons (Fsp3) is 1.00. The summed E-state index contributed by atoms with van der Waals surface area (Å²) in [5.41, 5.74) is 6.29. The van der Waals surface area contributed by atoms with E-state index in [0.29, 0.717) is 25.2 Å². The number of hydrogen-bond acceptors (Lipinski definition) is 8. The Morgan fingerprint density at radius 2 is 1.61 bits per heavy atom. The van der Waals surface area contributed by atoms with E-state index in [1.165, 1.54) is 32.1 Å². The maximum atomic E-state index is 12.2. The first-order valence-corrected chi connectivity index (χ1v) is 18.4. The Labute approximate surface area is 265 Å². The summed E-state index contributed by atoms with van der Waals surface area (Å²) in [7, 11) is 3.61. The number of fused-ring (bicyclic) bond motifs is 2. The van der Waals surface area contributed by atoms with Gasteiger partial charge in [-0.15, -0.1) is 0 Å². The SMILES string of the molecule is COCCC[C@H]1OC2CCC(OC)CC2[C@H](OCCC2CC[NH2+]C(N)C2)[C@@H]1[C@@H]1COC2CCC(OC3CCCC3)CC2[C@H]1O. The largest absolute Gasteiger partial charge is 0.392 e. The van der Waals surface area contributed by atoms with E-state index >= 15 is 0 Å². The number of nitrogens with two attached hydrogens (primary N) is 2. The third-order valence-electron chi connectivity index (χ3n) is 12.4. The van der Waals surface area contributed by atoms with Crippen molar-refractivity contribution >= 4 is 0 Å². The average molecular weight is 624 g/mol. The Morgan fingerprint density at radius 1 is 0.818 bits per heavy atom. The molecule has 0 radical (unpaired) electrons. The van der Waals surface area contributed by atoms with Gasteiger partial charge in [0.1, 0.15) is 6.17 Å². The molecule has 9 nitrogen and oxygen atoms in total. The summed E-state index contributed by atoms with van der Waals surface area (Å²) >= 11 is 0. The highest BCUT2D eigenvalue weighted by molar-refractivity contribution is 5.03. The molecular weight excluding hydrogens is 560 g/mol. The lowest BCUT2D eigenvalue weighted by molar-refractivity contribution is -0.699. The topological polar surface area (TPSA) is 118 Å². The summed E-state index contributed by atoms with van der Waals surface area (Å²) in [5, 5.41) is 14.5. The molecule has 5 N–H and O–H groups in total. The molecule has 254 valence electrons. The van der Waals surface area contributed by atoms with Crippen molar-refractivity contribution in [2.24, 2.45) is 35.3 Å². The smallest absolute Gasteiger partial charge is 0.137 e. The molecule has 3 aliphatic heterocycles. The number of ether oxygens (including phenoxy) is 6. The van der Waals surface area contributed by atoms with Crippen LogP contribution in [0.4, 0.5) is 0 Å². The molecule has 3 aliphatic carbocycles. The maximum Gasteiger partial charge on any atom is 0.137 e. The molecule has 6 fully saturated rings. The monoisotopic (exact) mass is 623 g/mol. The molecule has 0 amide bonds. The molecule has 0 spiro atoms. The standard InChI is InChI=1S/C35H62N2O7/c1-39-16-5-8-31-33(28-21-42-29-11-10-25(20-26(29)34(28)38)43-23-6-3-4-7-23)35(27-19-24(40-2)9-12-30(27)44-31)41-17-14-22-13-15-37-32(36)18-22/h22-35,37-38H,3-21,36H2,1-2H3/p+1/t22?,24?,25?,26?,27?,28-,29?,30?,31+,32?,33+,34+,35-/m0/s1. The highest BCUT2D eigenvalue weighted by Crippen LogP contribution is 2.49. The van der Waals surface area contributed by atoms with Crippen molar-refractivity contribution in [2.75, 3.05) is 40.6 Å². The second-order valence-electron chi connectivity index (χ2n) is 15.1. The molecule has 3 heterocycles. The van der Waals surface area contributed by atoms with E-state index in [2.05, 4.69) is 5.32 Å². The van der Waals surface area contributed by atoms with Crippen molar-refractivity contribution in [3.63, 3.8) is 0 Å². The van der Waals surface area contributed by atoms with E-state index in [0.717, 1.165) is 77.4 Å². The third-order valence-corrected chi connectivity index (χ3v) is 12.4. The van der Waals surface area contributed by atoms with Crippen LogP contribution in [-0.2, 0) is 28.4 Å². The lowest BCUT2D eigenvalue weighted by atomic mass is 9.64. The summed E-state index contributed by atoms with van der Waals surface area (Å²) in [6.45, 7) is 3.12. The van der Waals surface area contributed by atoms with Crippen LogP contribution in [-0.4, -0.2) is 101 Å². The van der Waals surface area contributed by atoms with E-state index in [9.17, 15) is 5.11 Å². The third kappa shape index (κ3) is 8.01. The van der Waals surface area contributed by atoms with Crippen LogP contribution < -0.4 is 11.1 Å². The Hall–Kier alpha value is -0.360. The van der Waals surface area contributed by atoms with E-state index in [1.54, 1.807) is 7.11 Å². The minimum absolute atomic E-state index is 0.0111. The van der Waals surface area contributed by atoms with Crippen LogP contribution in [0.2, 0.25) is 0 Å². The molecule has 9 heteroatoms. The molecule has 13 atom stereocenters. The predicted octanol–water partition coefficient (Wildman–Crippen LogP) is 3.15. The maximum absolute atomic E-state index is 12.2. The Morgan fingerprint density at radius 3 is 2.41 bits per heavy atom. The fourth-order valence-electron chi connectivity index (χ4n) is 10.0. The molecule has 0 aromatic rings. The number of methoxy groups -OCH3 is 2. The fourth-order valence-corrected chi connectivity index (χ4v) is 10.0. The van der Waals surface area contributed by atoms with Gasteiger partial charge in [-0.1, -0.05) is 12.8 Å². The van der Waals surface area contributed by atoms with Gasteiger partial charge >= 0.3 is 0 Å². The van der Waals surface area contributed by atoms with Crippen molar-refractivity contribution < 1.29 is 38.8 Å². The molecule has 6 aliphatic rings. The van der Waals surface area contributed by atoms with Crippen molar-refractivity contribution in [2.45, 2.75) is 151 Å². The van der Waals surface area contributed by atoms with Crippen LogP contribution in [0.15, 0.2) is 0 Å². The molecule has 3 saturated carbocycles. The predicted molar refractivity (Wildman–Crippen MR) is 167 cm³/mol. The molecule has 44 heavy (non-hydrogen) atoms. The summed E-state index contributed by atoms with van der Waals surface area (Å²) in [4.78, 5) is 0. The van der Waals surface area contributed by atoms with Crippen LogP contribution in [0.3, 0.4) is 0 Å². The van der Waals surface area contributed by atoms with Crippen molar-refractivity contribution in [1.82, 2.24) is 0 Å². The van der Waals surface area contributed by atoms with E-state index in [-0.39, 0.29) is 66.5 Å². The van der Waals surface area contributed by atoms with E-state index < -0.39 is 6.10 Å². The summed E-state index contributed by atoms with van der Waals surface area (Å²) in [6.07, 6.45) is 16.9. The number of hydrogen-bond donors (Lipinski definition) is 3. The quantitative estimate of drug-likeness (QED) is 0.284. The summed E-state index contributed by atoms with van der Waals surface area (Å²) in [5.74, 6) is 1.01. The van der Waals surface area contributed by atoms with Gasteiger partial charge < -0.3 is 38.8 Å². The van der Waals surface area contributed by atoms with E-state index in [4.69, 9.17) is 34.2 Å². The van der Waals surface area contributed by atoms with Gasteiger partial charge in [0.15, 0.2) is 0 Å².